The Labute approximate surface area is 111 Å². The highest BCUT2D eigenvalue weighted by Crippen LogP contribution is 2.10. The number of halogens is 1. The summed E-state index contributed by atoms with van der Waals surface area (Å²) < 4.78 is 5.64. The van der Waals surface area contributed by atoms with Crippen LogP contribution in [0.3, 0.4) is 0 Å². The van der Waals surface area contributed by atoms with Gasteiger partial charge in [0.2, 0.25) is 0 Å². The standard InChI is InChI=1S/C12H9BrN2O3/c13-10-3-1-8(2-4-10)11(16)14-15-12(17)9-5-6-18-7-9/h1-7H,(H,14,16)(H,15,17). The van der Waals surface area contributed by atoms with E-state index in [9.17, 15) is 9.59 Å². The molecule has 0 saturated carbocycles. The molecule has 0 fully saturated rings. The first-order valence-corrected chi connectivity index (χ1v) is 5.84. The second-order valence-electron chi connectivity index (χ2n) is 3.43. The molecule has 0 aliphatic heterocycles. The van der Waals surface area contributed by atoms with Crippen LogP contribution in [0.2, 0.25) is 0 Å². The molecule has 0 bridgehead atoms. The minimum absolute atomic E-state index is 0.339. The van der Waals surface area contributed by atoms with Gasteiger partial charge >= 0.3 is 0 Å². The van der Waals surface area contributed by atoms with Gasteiger partial charge in [-0.15, -0.1) is 0 Å². The molecule has 0 saturated heterocycles. The van der Waals surface area contributed by atoms with E-state index in [0.717, 1.165) is 4.47 Å². The van der Waals surface area contributed by atoms with Gasteiger partial charge < -0.3 is 4.42 Å². The Morgan fingerprint density at radius 2 is 1.56 bits per heavy atom. The van der Waals surface area contributed by atoms with Crippen molar-refractivity contribution < 1.29 is 14.0 Å². The number of benzene rings is 1. The van der Waals surface area contributed by atoms with Crippen molar-refractivity contribution in [3.63, 3.8) is 0 Å². The van der Waals surface area contributed by atoms with E-state index < -0.39 is 5.91 Å². The Kier molecular flexibility index (Phi) is 3.78. The lowest BCUT2D eigenvalue weighted by Crippen LogP contribution is -2.41. The lowest BCUT2D eigenvalue weighted by Gasteiger charge is -2.06. The summed E-state index contributed by atoms with van der Waals surface area (Å²) >= 11 is 3.27. The highest BCUT2D eigenvalue weighted by Gasteiger charge is 2.09. The number of carbonyl (C=O) groups is 2. The van der Waals surface area contributed by atoms with E-state index in [4.69, 9.17) is 4.42 Å². The fourth-order valence-corrected chi connectivity index (χ4v) is 1.52. The summed E-state index contributed by atoms with van der Waals surface area (Å²) in [4.78, 5) is 23.2. The van der Waals surface area contributed by atoms with Crippen molar-refractivity contribution in [2.75, 3.05) is 0 Å². The van der Waals surface area contributed by atoms with Crippen molar-refractivity contribution in [2.45, 2.75) is 0 Å². The van der Waals surface area contributed by atoms with Gasteiger partial charge in [-0.25, -0.2) is 0 Å². The second kappa shape index (κ2) is 5.50. The number of hydrogen-bond donors (Lipinski definition) is 2. The molecule has 0 atom stereocenters. The maximum Gasteiger partial charge on any atom is 0.272 e. The zero-order chi connectivity index (χ0) is 13.0. The molecule has 92 valence electrons. The summed E-state index contributed by atoms with van der Waals surface area (Å²) in [5.41, 5.74) is 5.39. The van der Waals surface area contributed by atoms with Crippen molar-refractivity contribution >= 4 is 27.7 Å². The van der Waals surface area contributed by atoms with Crippen LogP contribution in [0.4, 0.5) is 0 Å². The molecule has 0 aliphatic carbocycles. The maximum absolute atomic E-state index is 11.7. The van der Waals surface area contributed by atoms with Crippen molar-refractivity contribution in [2.24, 2.45) is 0 Å². The van der Waals surface area contributed by atoms with E-state index in [-0.39, 0.29) is 5.91 Å². The summed E-state index contributed by atoms with van der Waals surface area (Å²) in [5, 5.41) is 0. The lowest BCUT2D eigenvalue weighted by atomic mass is 10.2. The predicted octanol–water partition coefficient (Wildman–Crippen LogP) is 2.12. The van der Waals surface area contributed by atoms with Gasteiger partial charge in [0, 0.05) is 10.0 Å². The normalized spacial score (nSPS) is 9.83. The second-order valence-corrected chi connectivity index (χ2v) is 4.34. The Hall–Kier alpha value is -2.08. The van der Waals surface area contributed by atoms with Gasteiger partial charge in [-0.05, 0) is 30.3 Å². The SMILES string of the molecule is O=C(NNC(=O)c1ccoc1)c1ccc(Br)cc1. The fraction of sp³-hybridized carbons (Fsp3) is 0. The Bertz CT molecular complexity index is 549. The molecule has 18 heavy (non-hydrogen) atoms. The number of nitrogens with one attached hydrogen (secondary N) is 2. The summed E-state index contributed by atoms with van der Waals surface area (Å²) in [5.74, 6) is -0.825. The van der Waals surface area contributed by atoms with E-state index >= 15 is 0 Å². The molecule has 2 rings (SSSR count). The summed E-state index contributed by atoms with van der Waals surface area (Å²) in [6, 6.07) is 8.27. The molecule has 5 nitrogen and oxygen atoms in total. The van der Waals surface area contributed by atoms with Crippen LogP contribution in [0, 0.1) is 0 Å². The maximum atomic E-state index is 11.7. The zero-order valence-electron chi connectivity index (χ0n) is 9.14. The van der Waals surface area contributed by atoms with Crippen molar-refractivity contribution in [1.29, 1.82) is 0 Å². The first-order valence-electron chi connectivity index (χ1n) is 5.05. The minimum atomic E-state index is -0.436. The summed E-state index contributed by atoms with van der Waals surface area (Å²) in [7, 11) is 0. The summed E-state index contributed by atoms with van der Waals surface area (Å²) in [6.45, 7) is 0. The molecule has 0 spiro atoms. The zero-order valence-corrected chi connectivity index (χ0v) is 10.7. The van der Waals surface area contributed by atoms with Crippen LogP contribution >= 0.6 is 15.9 Å². The molecular weight excluding hydrogens is 300 g/mol. The number of amides is 2. The average molecular weight is 309 g/mol. The monoisotopic (exact) mass is 308 g/mol. The lowest BCUT2D eigenvalue weighted by molar-refractivity contribution is 0.0846. The Morgan fingerprint density at radius 1 is 0.944 bits per heavy atom. The average Bonchev–Trinajstić information content (AvgIpc) is 2.90. The molecule has 0 aliphatic rings. The molecule has 1 aromatic carbocycles. The Morgan fingerprint density at radius 3 is 2.11 bits per heavy atom. The largest absolute Gasteiger partial charge is 0.472 e. The number of rotatable bonds is 2. The van der Waals surface area contributed by atoms with Crippen molar-refractivity contribution in [3.05, 3.63) is 58.5 Å². The number of carbonyl (C=O) groups excluding carboxylic acids is 2. The molecule has 2 amide bonds. The third kappa shape index (κ3) is 2.98. The van der Waals surface area contributed by atoms with Crippen molar-refractivity contribution in [3.8, 4) is 0 Å². The van der Waals surface area contributed by atoms with E-state index in [0.29, 0.717) is 11.1 Å². The number of hydrogen-bond acceptors (Lipinski definition) is 3. The van der Waals surface area contributed by atoms with Crippen LogP contribution in [0.25, 0.3) is 0 Å². The molecule has 0 radical (unpaired) electrons. The van der Waals surface area contributed by atoms with Gasteiger partial charge in [-0.2, -0.15) is 0 Å². The third-order valence-electron chi connectivity index (χ3n) is 2.18. The van der Waals surface area contributed by atoms with Crippen LogP contribution in [-0.2, 0) is 0 Å². The molecule has 2 aromatic rings. The molecular formula is C12H9BrN2O3. The highest BCUT2D eigenvalue weighted by molar-refractivity contribution is 9.10. The number of furan rings is 1. The fourth-order valence-electron chi connectivity index (χ4n) is 1.25. The topological polar surface area (TPSA) is 71.3 Å². The minimum Gasteiger partial charge on any atom is -0.472 e. The quantitative estimate of drug-likeness (QED) is 0.835. The highest BCUT2D eigenvalue weighted by atomic mass is 79.9. The smallest absolute Gasteiger partial charge is 0.272 e. The van der Waals surface area contributed by atoms with Gasteiger partial charge in [0.25, 0.3) is 11.8 Å². The third-order valence-corrected chi connectivity index (χ3v) is 2.71. The van der Waals surface area contributed by atoms with Crippen LogP contribution in [0.1, 0.15) is 20.7 Å². The molecule has 1 heterocycles. The molecule has 2 N–H and O–H groups in total. The van der Waals surface area contributed by atoms with E-state index in [2.05, 4.69) is 26.8 Å². The first-order chi connectivity index (χ1) is 8.66. The first kappa shape index (κ1) is 12.4. The van der Waals surface area contributed by atoms with Gasteiger partial charge in [0.05, 0.1) is 11.8 Å². The van der Waals surface area contributed by atoms with E-state index in [1.807, 2.05) is 0 Å². The Balaban J connectivity index is 1.92. The molecule has 6 heteroatoms. The molecule has 1 aromatic heterocycles. The summed E-state index contributed by atoms with van der Waals surface area (Å²) in [6.07, 6.45) is 2.67. The van der Waals surface area contributed by atoms with Crippen molar-refractivity contribution in [1.82, 2.24) is 10.9 Å². The molecule has 0 unspecified atom stereocenters. The van der Waals surface area contributed by atoms with E-state index in [1.54, 1.807) is 24.3 Å². The van der Waals surface area contributed by atoms with Crippen LogP contribution < -0.4 is 10.9 Å². The van der Waals surface area contributed by atoms with Crippen LogP contribution in [-0.4, -0.2) is 11.8 Å². The van der Waals surface area contributed by atoms with Gasteiger partial charge in [0.15, 0.2) is 0 Å². The van der Waals surface area contributed by atoms with Gasteiger partial charge in [-0.1, -0.05) is 15.9 Å². The predicted molar refractivity (Wildman–Crippen MR) is 67.8 cm³/mol. The van der Waals surface area contributed by atoms with Crippen LogP contribution in [0.5, 0.6) is 0 Å². The van der Waals surface area contributed by atoms with Gasteiger partial charge in [-0.3, -0.25) is 20.4 Å². The van der Waals surface area contributed by atoms with Crippen LogP contribution in [0.15, 0.2) is 51.7 Å². The number of hydrazine groups is 1. The van der Waals surface area contributed by atoms with E-state index in [1.165, 1.54) is 18.6 Å². The van der Waals surface area contributed by atoms with Gasteiger partial charge in [0.1, 0.15) is 6.26 Å².